The van der Waals surface area contributed by atoms with E-state index in [1.54, 1.807) is 0 Å². The lowest BCUT2D eigenvalue weighted by Crippen LogP contribution is -2.39. The van der Waals surface area contributed by atoms with Gasteiger partial charge in [-0.2, -0.15) is 0 Å². The van der Waals surface area contributed by atoms with Crippen LogP contribution in [0, 0.1) is 0 Å². The van der Waals surface area contributed by atoms with E-state index < -0.39 is 0 Å². The van der Waals surface area contributed by atoms with E-state index >= 15 is 0 Å². The van der Waals surface area contributed by atoms with Gasteiger partial charge < -0.3 is 15.2 Å². The van der Waals surface area contributed by atoms with Crippen LogP contribution in [0.4, 0.5) is 0 Å². The highest BCUT2D eigenvalue weighted by Gasteiger charge is 2.17. The van der Waals surface area contributed by atoms with E-state index in [2.05, 4.69) is 34.4 Å². The summed E-state index contributed by atoms with van der Waals surface area (Å²) in [5.41, 5.74) is 2.36. The highest BCUT2D eigenvalue weighted by atomic mass is 16.1. The normalized spacial score (nSPS) is 15.9. The average molecular weight is 327 g/mol. The summed E-state index contributed by atoms with van der Waals surface area (Å²) >= 11 is 0. The van der Waals surface area contributed by atoms with Gasteiger partial charge >= 0.3 is 0 Å². The van der Waals surface area contributed by atoms with Crippen LogP contribution in [0.25, 0.3) is 10.9 Å². The van der Waals surface area contributed by atoms with E-state index in [4.69, 9.17) is 0 Å². The smallest absolute Gasteiger partial charge is 0.220 e. The van der Waals surface area contributed by atoms with Crippen LogP contribution in [0.5, 0.6) is 0 Å². The first-order chi connectivity index (χ1) is 11.7. The number of benzene rings is 1. The summed E-state index contributed by atoms with van der Waals surface area (Å²) in [4.78, 5) is 17.8. The minimum atomic E-state index is 0.150. The number of carbonyl (C=O) groups is 1. The predicted molar refractivity (Wildman–Crippen MR) is 99.1 cm³/mol. The van der Waals surface area contributed by atoms with Crippen molar-refractivity contribution in [1.82, 2.24) is 15.2 Å². The van der Waals surface area contributed by atoms with Gasteiger partial charge in [-0.15, -0.1) is 0 Å². The number of nitrogens with one attached hydrogen (secondary N) is 2. The summed E-state index contributed by atoms with van der Waals surface area (Å²) < 4.78 is 0. The molecule has 1 heterocycles. The molecule has 1 fully saturated rings. The van der Waals surface area contributed by atoms with Gasteiger partial charge in [0.2, 0.25) is 5.91 Å². The number of carbonyl (C=O) groups excluding carboxylic acids is 1. The van der Waals surface area contributed by atoms with E-state index in [1.165, 1.54) is 43.1 Å². The largest absolute Gasteiger partial charge is 0.361 e. The minimum absolute atomic E-state index is 0.150. The number of H-pyrrole nitrogens is 1. The molecule has 0 spiro atoms. The van der Waals surface area contributed by atoms with Crippen LogP contribution in [-0.4, -0.2) is 42.0 Å². The molecule has 4 nitrogen and oxygen atoms in total. The van der Waals surface area contributed by atoms with E-state index in [-0.39, 0.29) is 5.91 Å². The second kappa shape index (κ2) is 8.34. The Labute approximate surface area is 144 Å². The zero-order chi connectivity index (χ0) is 16.8. The van der Waals surface area contributed by atoms with Gasteiger partial charge in [-0.3, -0.25) is 4.79 Å². The molecule has 0 aliphatic heterocycles. The first kappa shape index (κ1) is 17.0. The number of likely N-dealkylation sites (N-methyl/N-ethyl adjacent to an activating group) is 1. The number of nitrogens with zero attached hydrogens (tertiary/aromatic N) is 1. The fourth-order valence-electron chi connectivity index (χ4n) is 3.75. The molecule has 0 unspecified atom stereocenters. The number of hydrogen-bond donors (Lipinski definition) is 2. The Morgan fingerprint density at radius 1 is 1.25 bits per heavy atom. The topological polar surface area (TPSA) is 48.1 Å². The molecule has 3 rings (SSSR count). The standard InChI is InChI=1S/C20H29N3O/c1-23(17-7-3-2-4-8-17)14-13-21-20(24)12-11-16-15-22-19-10-6-5-9-18(16)19/h5-6,9-10,15,17,22H,2-4,7-8,11-14H2,1H3,(H,21,24). The van der Waals surface area contributed by atoms with Gasteiger partial charge in [0.15, 0.2) is 0 Å². The summed E-state index contributed by atoms with van der Waals surface area (Å²) in [7, 11) is 2.19. The lowest BCUT2D eigenvalue weighted by atomic mass is 9.94. The fourth-order valence-corrected chi connectivity index (χ4v) is 3.75. The summed E-state index contributed by atoms with van der Waals surface area (Å²) in [6.07, 6.45) is 10.1. The van der Waals surface area contributed by atoms with Crippen molar-refractivity contribution < 1.29 is 4.79 Å². The van der Waals surface area contributed by atoms with Crippen molar-refractivity contribution in [1.29, 1.82) is 0 Å². The Morgan fingerprint density at radius 3 is 2.88 bits per heavy atom. The Kier molecular flexibility index (Phi) is 5.91. The van der Waals surface area contributed by atoms with Gasteiger partial charge in [0.1, 0.15) is 0 Å². The number of rotatable bonds is 7. The quantitative estimate of drug-likeness (QED) is 0.818. The molecular formula is C20H29N3O. The number of aromatic nitrogens is 1. The first-order valence-corrected chi connectivity index (χ1v) is 9.26. The van der Waals surface area contributed by atoms with Crippen molar-refractivity contribution in [2.24, 2.45) is 0 Å². The SMILES string of the molecule is CN(CCNC(=O)CCc1c[nH]c2ccccc12)C1CCCCC1. The molecule has 2 N–H and O–H groups in total. The van der Waals surface area contributed by atoms with E-state index in [9.17, 15) is 4.79 Å². The maximum Gasteiger partial charge on any atom is 0.220 e. The zero-order valence-electron chi connectivity index (χ0n) is 14.7. The number of aromatic amines is 1. The highest BCUT2D eigenvalue weighted by Crippen LogP contribution is 2.21. The Morgan fingerprint density at radius 2 is 2.04 bits per heavy atom. The molecule has 0 saturated heterocycles. The number of aryl methyl sites for hydroxylation is 1. The van der Waals surface area contributed by atoms with Gasteiger partial charge in [-0.25, -0.2) is 0 Å². The van der Waals surface area contributed by atoms with Crippen molar-refractivity contribution >= 4 is 16.8 Å². The van der Waals surface area contributed by atoms with Crippen LogP contribution in [0.3, 0.4) is 0 Å². The van der Waals surface area contributed by atoms with Crippen molar-refractivity contribution in [3.05, 3.63) is 36.0 Å². The third-order valence-corrected chi connectivity index (χ3v) is 5.28. The third-order valence-electron chi connectivity index (χ3n) is 5.28. The number of fused-ring (bicyclic) bond motifs is 1. The summed E-state index contributed by atoms with van der Waals surface area (Å²) in [6, 6.07) is 8.96. The molecule has 1 aromatic carbocycles. The molecule has 1 aromatic heterocycles. The van der Waals surface area contributed by atoms with Crippen molar-refractivity contribution in [2.75, 3.05) is 20.1 Å². The highest BCUT2D eigenvalue weighted by molar-refractivity contribution is 5.84. The molecule has 1 amide bonds. The van der Waals surface area contributed by atoms with E-state index in [1.807, 2.05) is 18.3 Å². The van der Waals surface area contributed by atoms with Crippen LogP contribution >= 0.6 is 0 Å². The third kappa shape index (κ3) is 4.38. The van der Waals surface area contributed by atoms with E-state index in [0.717, 1.165) is 25.0 Å². The van der Waals surface area contributed by atoms with E-state index in [0.29, 0.717) is 12.5 Å². The molecule has 4 heteroatoms. The second-order valence-electron chi connectivity index (χ2n) is 6.98. The van der Waals surface area contributed by atoms with Crippen LogP contribution in [-0.2, 0) is 11.2 Å². The predicted octanol–water partition coefficient (Wildman–Crippen LogP) is 3.48. The van der Waals surface area contributed by atoms with Gasteiger partial charge in [0.25, 0.3) is 0 Å². The van der Waals surface area contributed by atoms with Crippen LogP contribution in [0.2, 0.25) is 0 Å². The molecule has 1 saturated carbocycles. The molecule has 24 heavy (non-hydrogen) atoms. The van der Waals surface area contributed by atoms with Crippen LogP contribution < -0.4 is 5.32 Å². The lowest BCUT2D eigenvalue weighted by Gasteiger charge is -2.31. The zero-order valence-corrected chi connectivity index (χ0v) is 14.7. The number of amides is 1. The first-order valence-electron chi connectivity index (χ1n) is 9.26. The van der Waals surface area contributed by atoms with Crippen molar-refractivity contribution in [2.45, 2.75) is 51.0 Å². The molecule has 2 aromatic rings. The Balaban J connectivity index is 1.38. The molecule has 130 valence electrons. The van der Waals surface area contributed by atoms with Gasteiger partial charge in [-0.05, 0) is 37.9 Å². The summed E-state index contributed by atoms with van der Waals surface area (Å²) in [5, 5.41) is 4.30. The van der Waals surface area contributed by atoms with Crippen molar-refractivity contribution in [3.63, 3.8) is 0 Å². The average Bonchev–Trinajstić information content (AvgIpc) is 3.04. The summed E-state index contributed by atoms with van der Waals surface area (Å²) in [5.74, 6) is 0.150. The molecule has 1 aliphatic carbocycles. The van der Waals surface area contributed by atoms with Crippen molar-refractivity contribution in [3.8, 4) is 0 Å². The Hall–Kier alpha value is -1.81. The molecule has 0 radical (unpaired) electrons. The van der Waals surface area contributed by atoms with Crippen LogP contribution in [0.1, 0.15) is 44.1 Å². The van der Waals surface area contributed by atoms with Crippen LogP contribution in [0.15, 0.2) is 30.5 Å². The monoisotopic (exact) mass is 327 g/mol. The molecule has 0 atom stereocenters. The molecule has 1 aliphatic rings. The minimum Gasteiger partial charge on any atom is -0.361 e. The van der Waals surface area contributed by atoms with Gasteiger partial charge in [-0.1, -0.05) is 37.5 Å². The summed E-state index contributed by atoms with van der Waals surface area (Å²) in [6.45, 7) is 1.70. The maximum atomic E-state index is 12.1. The number of para-hydroxylation sites is 1. The van der Waals surface area contributed by atoms with Gasteiger partial charge in [0.05, 0.1) is 0 Å². The maximum absolute atomic E-state index is 12.1. The lowest BCUT2D eigenvalue weighted by molar-refractivity contribution is -0.121. The molecule has 0 bridgehead atoms. The fraction of sp³-hybridized carbons (Fsp3) is 0.550. The number of hydrogen-bond acceptors (Lipinski definition) is 2. The Bertz CT molecular complexity index is 658. The van der Waals surface area contributed by atoms with Gasteiger partial charge in [0, 0.05) is 42.7 Å². The molecular weight excluding hydrogens is 298 g/mol. The second-order valence-corrected chi connectivity index (χ2v) is 6.98.